The summed E-state index contributed by atoms with van der Waals surface area (Å²) in [4.78, 5) is 0. The molecule has 0 aliphatic carbocycles. The molecule has 0 spiro atoms. The van der Waals surface area contributed by atoms with Gasteiger partial charge in [0.25, 0.3) is 0 Å². The third kappa shape index (κ3) is 13.9. The fourth-order valence-electron chi connectivity index (χ4n) is 1.24. The zero-order chi connectivity index (χ0) is 11.9. The first-order chi connectivity index (χ1) is 7.91. The summed E-state index contributed by atoms with van der Waals surface area (Å²) in [5.74, 6) is 0. The molecule has 0 atom stereocenters. The van der Waals surface area contributed by atoms with Gasteiger partial charge in [-0.1, -0.05) is 33.1 Å². The highest BCUT2D eigenvalue weighted by atomic mass is 16.5. The average molecular weight is 231 g/mol. The number of ether oxygens (including phenoxy) is 3. The third-order valence-corrected chi connectivity index (χ3v) is 2.13. The molecule has 3 heteroatoms. The molecule has 0 unspecified atom stereocenters. The van der Waals surface area contributed by atoms with Crippen molar-refractivity contribution in [1.29, 1.82) is 0 Å². The molecule has 0 fully saturated rings. The molecule has 0 aliphatic heterocycles. The SMILES string of the molecule is [CH2]CCCCCOCCOCCOCCC. The van der Waals surface area contributed by atoms with Crippen LogP contribution in [0.15, 0.2) is 0 Å². The first-order valence-electron chi connectivity index (χ1n) is 6.44. The largest absolute Gasteiger partial charge is 0.379 e. The Morgan fingerprint density at radius 2 is 1.25 bits per heavy atom. The number of hydrogen-bond acceptors (Lipinski definition) is 3. The zero-order valence-electron chi connectivity index (χ0n) is 10.7. The number of rotatable bonds is 13. The Morgan fingerprint density at radius 3 is 1.81 bits per heavy atom. The molecule has 0 aromatic heterocycles. The first kappa shape index (κ1) is 15.9. The lowest BCUT2D eigenvalue weighted by Gasteiger charge is -2.06. The van der Waals surface area contributed by atoms with Gasteiger partial charge in [0.2, 0.25) is 0 Å². The Kier molecular flexibility index (Phi) is 14.8. The molecule has 0 saturated heterocycles. The molecule has 0 aromatic carbocycles. The normalized spacial score (nSPS) is 10.9. The average Bonchev–Trinajstić information content (AvgIpc) is 2.31. The summed E-state index contributed by atoms with van der Waals surface area (Å²) in [6.07, 6.45) is 5.65. The van der Waals surface area contributed by atoms with E-state index >= 15 is 0 Å². The minimum absolute atomic E-state index is 0.671. The highest BCUT2D eigenvalue weighted by Gasteiger charge is 1.91. The van der Waals surface area contributed by atoms with Gasteiger partial charge in [-0.15, -0.1) is 0 Å². The van der Waals surface area contributed by atoms with Gasteiger partial charge in [0.15, 0.2) is 0 Å². The lowest BCUT2D eigenvalue weighted by molar-refractivity contribution is 0.0140. The van der Waals surface area contributed by atoms with E-state index in [1.54, 1.807) is 0 Å². The molecule has 1 radical (unpaired) electrons. The Balaban J connectivity index is 2.83. The van der Waals surface area contributed by atoms with Gasteiger partial charge in [-0.3, -0.25) is 0 Å². The second-order valence-corrected chi connectivity index (χ2v) is 3.75. The van der Waals surface area contributed by atoms with Gasteiger partial charge in [0.05, 0.1) is 26.4 Å². The van der Waals surface area contributed by atoms with Crippen molar-refractivity contribution in [2.45, 2.75) is 39.0 Å². The zero-order valence-corrected chi connectivity index (χ0v) is 10.7. The monoisotopic (exact) mass is 231 g/mol. The van der Waals surface area contributed by atoms with Crippen LogP contribution in [0.3, 0.4) is 0 Å². The van der Waals surface area contributed by atoms with Gasteiger partial charge in [0.1, 0.15) is 0 Å². The Bertz CT molecular complexity index is 104. The van der Waals surface area contributed by atoms with Crippen LogP contribution in [0.2, 0.25) is 0 Å². The maximum atomic E-state index is 5.42. The second kappa shape index (κ2) is 14.9. The maximum absolute atomic E-state index is 5.42. The molecule has 0 amide bonds. The summed E-state index contributed by atoms with van der Waals surface area (Å²) in [6.45, 7) is 10.3. The van der Waals surface area contributed by atoms with Crippen molar-refractivity contribution in [3.05, 3.63) is 6.92 Å². The van der Waals surface area contributed by atoms with Crippen LogP contribution in [-0.4, -0.2) is 39.6 Å². The van der Waals surface area contributed by atoms with E-state index in [0.29, 0.717) is 26.4 Å². The standard InChI is InChI=1S/C13H27O3/c1-3-5-6-7-9-15-11-13-16-12-10-14-8-4-2/h1,3-13H2,2H3. The van der Waals surface area contributed by atoms with Crippen LogP contribution in [0.1, 0.15) is 39.0 Å². The van der Waals surface area contributed by atoms with Gasteiger partial charge in [0, 0.05) is 13.2 Å². The van der Waals surface area contributed by atoms with E-state index in [9.17, 15) is 0 Å². The summed E-state index contributed by atoms with van der Waals surface area (Å²) < 4.78 is 16.1. The molecule has 0 N–H and O–H groups in total. The van der Waals surface area contributed by atoms with Crippen molar-refractivity contribution in [3.8, 4) is 0 Å². The topological polar surface area (TPSA) is 27.7 Å². The molecule has 3 nitrogen and oxygen atoms in total. The minimum Gasteiger partial charge on any atom is -0.379 e. The van der Waals surface area contributed by atoms with Crippen molar-refractivity contribution in [2.24, 2.45) is 0 Å². The molecule has 0 aliphatic rings. The van der Waals surface area contributed by atoms with E-state index in [4.69, 9.17) is 14.2 Å². The quantitative estimate of drug-likeness (QED) is 0.456. The van der Waals surface area contributed by atoms with Gasteiger partial charge in [-0.25, -0.2) is 0 Å². The minimum atomic E-state index is 0.671. The van der Waals surface area contributed by atoms with E-state index in [2.05, 4.69) is 13.8 Å². The summed E-state index contributed by atoms with van der Waals surface area (Å²) in [5, 5.41) is 0. The van der Waals surface area contributed by atoms with E-state index in [0.717, 1.165) is 32.5 Å². The van der Waals surface area contributed by atoms with Gasteiger partial charge in [-0.2, -0.15) is 0 Å². The molecule has 0 heterocycles. The fraction of sp³-hybridized carbons (Fsp3) is 0.923. The summed E-state index contributed by atoms with van der Waals surface area (Å²) >= 11 is 0. The van der Waals surface area contributed by atoms with Crippen LogP contribution < -0.4 is 0 Å². The Labute approximate surface area is 100 Å². The van der Waals surface area contributed by atoms with Crippen LogP contribution in [0.5, 0.6) is 0 Å². The summed E-state index contributed by atoms with van der Waals surface area (Å²) in [5.41, 5.74) is 0. The predicted molar refractivity (Wildman–Crippen MR) is 66.6 cm³/mol. The van der Waals surface area contributed by atoms with Crippen molar-refractivity contribution < 1.29 is 14.2 Å². The van der Waals surface area contributed by atoms with E-state index in [1.807, 2.05) is 0 Å². The highest BCUT2D eigenvalue weighted by molar-refractivity contribution is 4.43. The van der Waals surface area contributed by atoms with Crippen molar-refractivity contribution in [2.75, 3.05) is 39.6 Å². The van der Waals surface area contributed by atoms with Crippen LogP contribution in [0.4, 0.5) is 0 Å². The number of unbranched alkanes of at least 4 members (excludes halogenated alkanes) is 3. The van der Waals surface area contributed by atoms with Gasteiger partial charge in [-0.05, 0) is 12.8 Å². The van der Waals surface area contributed by atoms with Crippen LogP contribution in [0.25, 0.3) is 0 Å². The van der Waals surface area contributed by atoms with Gasteiger partial charge >= 0.3 is 0 Å². The predicted octanol–water partition coefficient (Wildman–Crippen LogP) is 2.84. The molecule has 0 bridgehead atoms. The lowest BCUT2D eigenvalue weighted by Crippen LogP contribution is -2.10. The fourth-order valence-corrected chi connectivity index (χ4v) is 1.24. The van der Waals surface area contributed by atoms with Crippen molar-refractivity contribution in [3.63, 3.8) is 0 Å². The van der Waals surface area contributed by atoms with Crippen LogP contribution in [-0.2, 0) is 14.2 Å². The highest BCUT2D eigenvalue weighted by Crippen LogP contribution is 1.98. The maximum Gasteiger partial charge on any atom is 0.0701 e. The molecule has 0 aromatic rings. The molecule has 97 valence electrons. The summed E-state index contributed by atoms with van der Waals surface area (Å²) in [7, 11) is 0. The molecule has 16 heavy (non-hydrogen) atoms. The van der Waals surface area contributed by atoms with Crippen LogP contribution >= 0.6 is 0 Å². The molecular formula is C13H27O3. The Hall–Kier alpha value is -0.120. The van der Waals surface area contributed by atoms with Crippen molar-refractivity contribution >= 4 is 0 Å². The van der Waals surface area contributed by atoms with E-state index in [-0.39, 0.29) is 0 Å². The second-order valence-electron chi connectivity index (χ2n) is 3.75. The summed E-state index contributed by atoms with van der Waals surface area (Å²) in [6, 6.07) is 0. The van der Waals surface area contributed by atoms with Crippen LogP contribution in [0, 0.1) is 6.92 Å². The van der Waals surface area contributed by atoms with E-state index in [1.165, 1.54) is 12.8 Å². The van der Waals surface area contributed by atoms with Crippen molar-refractivity contribution in [1.82, 2.24) is 0 Å². The number of hydrogen-bond donors (Lipinski definition) is 0. The first-order valence-corrected chi connectivity index (χ1v) is 6.44. The Morgan fingerprint density at radius 1 is 0.688 bits per heavy atom. The molecule has 0 rings (SSSR count). The lowest BCUT2D eigenvalue weighted by atomic mass is 10.2. The van der Waals surface area contributed by atoms with E-state index < -0.39 is 0 Å². The molecular weight excluding hydrogens is 204 g/mol. The third-order valence-electron chi connectivity index (χ3n) is 2.13. The molecule has 0 saturated carbocycles. The smallest absolute Gasteiger partial charge is 0.0701 e. The van der Waals surface area contributed by atoms with Gasteiger partial charge < -0.3 is 14.2 Å².